The number of nitrogens with zero attached hydrogens (tertiary/aromatic N) is 2. The van der Waals surface area contributed by atoms with Gasteiger partial charge < -0.3 is 9.88 Å². The van der Waals surface area contributed by atoms with Crippen LogP contribution in [0, 0.1) is 5.92 Å². The fourth-order valence-corrected chi connectivity index (χ4v) is 3.42. The predicted molar refractivity (Wildman–Crippen MR) is 83.7 cm³/mol. The van der Waals surface area contributed by atoms with Crippen LogP contribution in [0.2, 0.25) is 0 Å². The first-order valence-corrected chi connectivity index (χ1v) is 8.03. The van der Waals surface area contributed by atoms with Crippen molar-refractivity contribution in [2.75, 3.05) is 6.54 Å². The van der Waals surface area contributed by atoms with Crippen LogP contribution >= 0.6 is 0 Å². The molecule has 2 aromatic rings. The summed E-state index contributed by atoms with van der Waals surface area (Å²) in [4.78, 5) is 4.75. The fraction of sp³-hybridized carbons (Fsp3) is 0.588. The second-order valence-corrected chi connectivity index (χ2v) is 5.88. The van der Waals surface area contributed by atoms with E-state index in [1.54, 1.807) is 0 Å². The monoisotopic (exact) mass is 271 g/mol. The van der Waals surface area contributed by atoms with E-state index in [1.165, 1.54) is 43.4 Å². The molecule has 0 unspecified atom stereocenters. The van der Waals surface area contributed by atoms with Crippen molar-refractivity contribution in [3.8, 4) is 0 Å². The lowest BCUT2D eigenvalue weighted by molar-refractivity contribution is 0.472. The summed E-state index contributed by atoms with van der Waals surface area (Å²) in [5.41, 5.74) is 2.37. The van der Waals surface area contributed by atoms with Gasteiger partial charge in [-0.25, -0.2) is 4.98 Å². The van der Waals surface area contributed by atoms with Crippen LogP contribution < -0.4 is 5.32 Å². The highest BCUT2D eigenvalue weighted by Gasteiger charge is 2.14. The van der Waals surface area contributed by atoms with E-state index in [2.05, 4.69) is 41.1 Å². The third-order valence-electron chi connectivity index (χ3n) is 4.54. The van der Waals surface area contributed by atoms with E-state index in [9.17, 15) is 0 Å². The molecule has 0 saturated heterocycles. The summed E-state index contributed by atoms with van der Waals surface area (Å²) in [6.07, 6.45) is 7.09. The summed E-state index contributed by atoms with van der Waals surface area (Å²) in [6, 6.07) is 8.41. The van der Waals surface area contributed by atoms with Gasteiger partial charge in [-0.1, -0.05) is 37.8 Å². The summed E-state index contributed by atoms with van der Waals surface area (Å²) < 4.78 is 2.32. The molecule has 1 heterocycles. The highest BCUT2D eigenvalue weighted by Crippen LogP contribution is 2.26. The first kappa shape index (κ1) is 13.6. The lowest BCUT2D eigenvalue weighted by Crippen LogP contribution is -2.19. The summed E-state index contributed by atoms with van der Waals surface area (Å²) in [5.74, 6) is 2.13. The number of rotatable bonds is 6. The molecule has 3 rings (SSSR count). The normalized spacial score (nSPS) is 16.2. The van der Waals surface area contributed by atoms with Crippen molar-refractivity contribution in [3.05, 3.63) is 30.1 Å². The van der Waals surface area contributed by atoms with Gasteiger partial charge >= 0.3 is 0 Å². The Morgan fingerprint density at radius 3 is 2.85 bits per heavy atom. The zero-order valence-corrected chi connectivity index (χ0v) is 12.4. The smallest absolute Gasteiger partial charge is 0.123 e. The highest BCUT2D eigenvalue weighted by atomic mass is 15.1. The number of fused-ring (bicyclic) bond motifs is 1. The van der Waals surface area contributed by atoms with E-state index in [1.807, 2.05) is 0 Å². The van der Waals surface area contributed by atoms with Gasteiger partial charge in [-0.3, -0.25) is 0 Å². The summed E-state index contributed by atoms with van der Waals surface area (Å²) in [6.45, 7) is 5.18. The van der Waals surface area contributed by atoms with Crippen LogP contribution in [-0.4, -0.2) is 16.1 Å². The third kappa shape index (κ3) is 2.88. The van der Waals surface area contributed by atoms with E-state index >= 15 is 0 Å². The minimum Gasteiger partial charge on any atom is -0.327 e. The number of aromatic nitrogens is 2. The molecule has 108 valence electrons. The quantitative estimate of drug-likeness (QED) is 0.811. The molecule has 1 aromatic carbocycles. The molecular formula is C17H25N3. The Balaban J connectivity index is 1.59. The van der Waals surface area contributed by atoms with Crippen molar-refractivity contribution in [1.29, 1.82) is 0 Å². The van der Waals surface area contributed by atoms with E-state index in [-0.39, 0.29) is 0 Å². The maximum absolute atomic E-state index is 4.75. The van der Waals surface area contributed by atoms with Crippen LogP contribution in [0.4, 0.5) is 0 Å². The molecular weight excluding hydrogens is 246 g/mol. The van der Waals surface area contributed by atoms with Crippen LogP contribution in [-0.2, 0) is 13.1 Å². The standard InChI is InChI=1S/C17H25N3/c1-2-20-16-10-6-5-9-15(16)19-17(20)13-18-12-11-14-7-3-4-8-14/h5-6,9-10,14,18H,2-4,7-8,11-13H2,1H3. The molecule has 3 heteroatoms. The van der Waals surface area contributed by atoms with Crippen LogP contribution in [0.5, 0.6) is 0 Å². The number of para-hydroxylation sites is 2. The Hall–Kier alpha value is -1.35. The molecule has 0 atom stereocenters. The first-order chi connectivity index (χ1) is 9.88. The summed E-state index contributed by atoms with van der Waals surface area (Å²) in [7, 11) is 0. The minimum atomic E-state index is 0.884. The van der Waals surface area contributed by atoms with Crippen molar-refractivity contribution in [3.63, 3.8) is 0 Å². The molecule has 1 fully saturated rings. The topological polar surface area (TPSA) is 29.9 Å². The predicted octanol–water partition coefficient (Wildman–Crippen LogP) is 3.73. The molecule has 3 nitrogen and oxygen atoms in total. The summed E-state index contributed by atoms with van der Waals surface area (Å²) in [5, 5.41) is 3.58. The van der Waals surface area contributed by atoms with Gasteiger partial charge in [0, 0.05) is 6.54 Å². The molecule has 0 amide bonds. The second kappa shape index (κ2) is 6.40. The van der Waals surface area contributed by atoms with Crippen molar-refractivity contribution in [2.45, 2.75) is 52.1 Å². The number of nitrogens with one attached hydrogen (secondary N) is 1. The Morgan fingerprint density at radius 1 is 1.25 bits per heavy atom. The van der Waals surface area contributed by atoms with Crippen LogP contribution in [0.3, 0.4) is 0 Å². The molecule has 0 spiro atoms. The minimum absolute atomic E-state index is 0.884. The lowest BCUT2D eigenvalue weighted by Gasteiger charge is -2.10. The zero-order chi connectivity index (χ0) is 13.8. The molecule has 1 N–H and O–H groups in total. The average molecular weight is 271 g/mol. The zero-order valence-electron chi connectivity index (χ0n) is 12.4. The van der Waals surface area contributed by atoms with E-state index in [0.717, 1.165) is 31.1 Å². The van der Waals surface area contributed by atoms with Crippen molar-refractivity contribution in [2.24, 2.45) is 5.92 Å². The van der Waals surface area contributed by atoms with Crippen LogP contribution in [0.25, 0.3) is 11.0 Å². The van der Waals surface area contributed by atoms with Crippen molar-refractivity contribution in [1.82, 2.24) is 14.9 Å². The maximum Gasteiger partial charge on any atom is 0.123 e. The summed E-state index contributed by atoms with van der Waals surface area (Å²) >= 11 is 0. The SMILES string of the molecule is CCn1c(CNCCC2CCCC2)nc2ccccc21. The number of aryl methyl sites for hydroxylation is 1. The average Bonchev–Trinajstić information content (AvgIpc) is 3.10. The molecule has 0 bridgehead atoms. The molecule has 0 radical (unpaired) electrons. The third-order valence-corrected chi connectivity index (χ3v) is 4.54. The lowest BCUT2D eigenvalue weighted by atomic mass is 10.0. The number of hydrogen-bond acceptors (Lipinski definition) is 2. The molecule has 20 heavy (non-hydrogen) atoms. The second-order valence-electron chi connectivity index (χ2n) is 5.88. The molecule has 1 aromatic heterocycles. The molecule has 1 aliphatic rings. The van der Waals surface area contributed by atoms with E-state index < -0.39 is 0 Å². The Kier molecular flexibility index (Phi) is 4.36. The largest absolute Gasteiger partial charge is 0.327 e. The van der Waals surface area contributed by atoms with Gasteiger partial charge in [0.25, 0.3) is 0 Å². The van der Waals surface area contributed by atoms with Gasteiger partial charge in [-0.05, 0) is 37.9 Å². The molecule has 1 saturated carbocycles. The Labute approximate surface area is 121 Å². The molecule has 1 aliphatic carbocycles. The number of imidazole rings is 1. The van der Waals surface area contributed by atoms with Crippen LogP contribution in [0.1, 0.15) is 44.9 Å². The number of hydrogen-bond donors (Lipinski definition) is 1. The fourth-order valence-electron chi connectivity index (χ4n) is 3.42. The van der Waals surface area contributed by atoms with Gasteiger partial charge in [-0.2, -0.15) is 0 Å². The van der Waals surface area contributed by atoms with E-state index in [0.29, 0.717) is 0 Å². The van der Waals surface area contributed by atoms with Crippen molar-refractivity contribution >= 4 is 11.0 Å². The van der Waals surface area contributed by atoms with Gasteiger partial charge in [0.2, 0.25) is 0 Å². The van der Waals surface area contributed by atoms with E-state index in [4.69, 9.17) is 4.98 Å². The Bertz CT molecular complexity index is 552. The van der Waals surface area contributed by atoms with Gasteiger partial charge in [0.1, 0.15) is 5.82 Å². The van der Waals surface area contributed by atoms with Gasteiger partial charge in [0.05, 0.1) is 17.6 Å². The van der Waals surface area contributed by atoms with Crippen LogP contribution in [0.15, 0.2) is 24.3 Å². The molecule has 0 aliphatic heterocycles. The van der Waals surface area contributed by atoms with Gasteiger partial charge in [-0.15, -0.1) is 0 Å². The van der Waals surface area contributed by atoms with Crippen molar-refractivity contribution < 1.29 is 0 Å². The van der Waals surface area contributed by atoms with Gasteiger partial charge in [0.15, 0.2) is 0 Å². The number of benzene rings is 1. The highest BCUT2D eigenvalue weighted by molar-refractivity contribution is 5.75. The first-order valence-electron chi connectivity index (χ1n) is 8.03. The Morgan fingerprint density at radius 2 is 2.05 bits per heavy atom. The maximum atomic E-state index is 4.75.